The zero-order valence-corrected chi connectivity index (χ0v) is 16.5. The molecule has 3 aromatic carbocycles. The molecule has 0 saturated heterocycles. The minimum absolute atomic E-state index is 0.173. The zero-order valence-electron chi connectivity index (χ0n) is 16.5. The van der Waals surface area contributed by atoms with Crippen molar-refractivity contribution in [1.29, 1.82) is 0 Å². The maximum absolute atomic E-state index is 12.6. The molecular weight excluding hydrogens is 423 g/mol. The Labute approximate surface area is 179 Å². The summed E-state index contributed by atoms with van der Waals surface area (Å²) >= 11 is 0. The SMILES string of the molecule is O=C(Cn1nc(-c2ccc3ccccc3c2)ccc1=O)Nc1ccccc1OC(F)(F)F. The topological polar surface area (TPSA) is 73.2 Å². The largest absolute Gasteiger partial charge is 0.573 e. The summed E-state index contributed by atoms with van der Waals surface area (Å²) in [5.41, 5.74) is 0.531. The number of nitrogens with zero attached hydrogens (tertiary/aromatic N) is 2. The van der Waals surface area contributed by atoms with Crippen molar-refractivity contribution < 1.29 is 22.7 Å². The first kappa shape index (κ1) is 21.1. The lowest BCUT2D eigenvalue weighted by Crippen LogP contribution is -2.29. The second kappa shape index (κ2) is 8.54. The molecule has 0 saturated carbocycles. The van der Waals surface area contributed by atoms with Gasteiger partial charge in [0.2, 0.25) is 5.91 Å². The Morgan fingerprint density at radius 1 is 0.938 bits per heavy atom. The number of carbonyl (C=O) groups is 1. The second-order valence-corrected chi connectivity index (χ2v) is 6.87. The van der Waals surface area contributed by atoms with Crippen molar-refractivity contribution in [2.24, 2.45) is 0 Å². The van der Waals surface area contributed by atoms with Gasteiger partial charge in [-0.1, -0.05) is 48.5 Å². The molecule has 1 amide bonds. The molecule has 4 rings (SSSR count). The average Bonchev–Trinajstić information content (AvgIpc) is 2.75. The van der Waals surface area contributed by atoms with Crippen LogP contribution in [-0.2, 0) is 11.3 Å². The molecule has 0 bridgehead atoms. The van der Waals surface area contributed by atoms with Gasteiger partial charge in [-0.3, -0.25) is 9.59 Å². The van der Waals surface area contributed by atoms with E-state index in [1.165, 1.54) is 24.3 Å². The van der Waals surface area contributed by atoms with Crippen LogP contribution in [-0.4, -0.2) is 22.1 Å². The summed E-state index contributed by atoms with van der Waals surface area (Å²) in [7, 11) is 0. The van der Waals surface area contributed by atoms with Crippen LogP contribution in [0.2, 0.25) is 0 Å². The summed E-state index contributed by atoms with van der Waals surface area (Å²) in [5, 5.41) is 8.61. The standard InChI is InChI=1S/C23H16F3N3O3/c24-23(25,26)32-20-8-4-3-7-19(20)27-21(30)14-29-22(31)12-11-18(28-29)17-10-9-15-5-1-2-6-16(15)13-17/h1-13H,14H2,(H,27,30). The van der Waals surface area contributed by atoms with Crippen LogP contribution in [0.4, 0.5) is 18.9 Å². The van der Waals surface area contributed by atoms with Crippen LogP contribution < -0.4 is 15.6 Å². The smallest absolute Gasteiger partial charge is 0.404 e. The molecular formula is C23H16F3N3O3. The number of alkyl halides is 3. The molecule has 4 aromatic rings. The van der Waals surface area contributed by atoms with Crippen LogP contribution in [0.5, 0.6) is 5.75 Å². The van der Waals surface area contributed by atoms with Crippen LogP contribution >= 0.6 is 0 Å². The maximum Gasteiger partial charge on any atom is 0.573 e. The number of carbonyl (C=O) groups excluding carboxylic acids is 1. The summed E-state index contributed by atoms with van der Waals surface area (Å²) in [6, 6.07) is 21.4. The summed E-state index contributed by atoms with van der Waals surface area (Å²) in [6.45, 7) is -0.486. The lowest BCUT2D eigenvalue weighted by Gasteiger charge is -2.14. The molecule has 1 N–H and O–H groups in total. The van der Waals surface area contributed by atoms with E-state index in [0.717, 1.165) is 27.1 Å². The summed E-state index contributed by atoms with van der Waals surface area (Å²) in [6.07, 6.45) is -4.91. The number of halogens is 3. The van der Waals surface area contributed by atoms with Crippen LogP contribution in [0.15, 0.2) is 83.7 Å². The number of ether oxygens (including phenoxy) is 1. The Balaban J connectivity index is 1.56. The fourth-order valence-electron chi connectivity index (χ4n) is 3.17. The number of nitrogens with one attached hydrogen (secondary N) is 1. The van der Waals surface area contributed by atoms with Gasteiger partial charge in [0.15, 0.2) is 5.75 Å². The van der Waals surface area contributed by atoms with Crippen molar-refractivity contribution >= 4 is 22.4 Å². The monoisotopic (exact) mass is 439 g/mol. The number of amides is 1. The molecule has 0 atom stereocenters. The highest BCUT2D eigenvalue weighted by atomic mass is 19.4. The summed E-state index contributed by atoms with van der Waals surface area (Å²) in [5.74, 6) is -1.29. The van der Waals surface area contributed by atoms with E-state index in [1.807, 2.05) is 42.5 Å². The molecule has 0 aliphatic rings. The Hall–Kier alpha value is -4.14. The van der Waals surface area contributed by atoms with Gasteiger partial charge in [0.05, 0.1) is 11.4 Å². The van der Waals surface area contributed by atoms with Gasteiger partial charge < -0.3 is 10.1 Å². The Morgan fingerprint density at radius 2 is 1.66 bits per heavy atom. The number of benzene rings is 3. The molecule has 1 heterocycles. The van der Waals surface area contributed by atoms with Gasteiger partial charge in [-0.25, -0.2) is 4.68 Å². The number of para-hydroxylation sites is 2. The van der Waals surface area contributed by atoms with Crippen LogP contribution in [0.1, 0.15) is 0 Å². The Bertz CT molecular complexity index is 1350. The first-order chi connectivity index (χ1) is 15.3. The van der Waals surface area contributed by atoms with E-state index in [2.05, 4.69) is 15.2 Å². The molecule has 32 heavy (non-hydrogen) atoms. The highest BCUT2D eigenvalue weighted by Gasteiger charge is 2.32. The predicted molar refractivity (Wildman–Crippen MR) is 113 cm³/mol. The number of anilines is 1. The van der Waals surface area contributed by atoms with Crippen molar-refractivity contribution in [3.63, 3.8) is 0 Å². The van der Waals surface area contributed by atoms with Crippen molar-refractivity contribution in [3.8, 4) is 17.0 Å². The molecule has 0 fully saturated rings. The highest BCUT2D eigenvalue weighted by Crippen LogP contribution is 2.30. The molecule has 6 nitrogen and oxygen atoms in total. The highest BCUT2D eigenvalue weighted by molar-refractivity contribution is 5.92. The second-order valence-electron chi connectivity index (χ2n) is 6.87. The van der Waals surface area contributed by atoms with Gasteiger partial charge in [-0.2, -0.15) is 5.10 Å². The molecule has 0 radical (unpaired) electrons. The minimum atomic E-state index is -4.91. The Kier molecular flexibility index (Phi) is 5.63. The van der Waals surface area contributed by atoms with E-state index in [0.29, 0.717) is 5.69 Å². The van der Waals surface area contributed by atoms with E-state index in [9.17, 15) is 22.8 Å². The number of rotatable bonds is 5. The molecule has 162 valence electrons. The third-order valence-electron chi connectivity index (χ3n) is 4.59. The van der Waals surface area contributed by atoms with Gasteiger partial charge in [0, 0.05) is 11.6 Å². The zero-order chi connectivity index (χ0) is 22.7. The van der Waals surface area contributed by atoms with Crippen LogP contribution in [0, 0.1) is 0 Å². The third kappa shape index (κ3) is 4.94. The van der Waals surface area contributed by atoms with Crippen molar-refractivity contribution in [2.75, 3.05) is 5.32 Å². The van der Waals surface area contributed by atoms with E-state index in [4.69, 9.17) is 0 Å². The van der Waals surface area contributed by atoms with Crippen LogP contribution in [0.3, 0.4) is 0 Å². The predicted octanol–water partition coefficient (Wildman–Crippen LogP) is 4.60. The third-order valence-corrected chi connectivity index (χ3v) is 4.59. The van der Waals surface area contributed by atoms with E-state index in [-0.39, 0.29) is 5.69 Å². The molecule has 1 aromatic heterocycles. The van der Waals surface area contributed by atoms with Gasteiger partial charge >= 0.3 is 6.36 Å². The normalized spacial score (nSPS) is 11.3. The average molecular weight is 439 g/mol. The van der Waals surface area contributed by atoms with E-state index in [1.54, 1.807) is 6.07 Å². The fourth-order valence-corrected chi connectivity index (χ4v) is 3.17. The molecule has 0 unspecified atom stereocenters. The van der Waals surface area contributed by atoms with E-state index >= 15 is 0 Å². The van der Waals surface area contributed by atoms with Crippen molar-refractivity contribution in [3.05, 3.63) is 89.2 Å². The number of hydrogen-bond acceptors (Lipinski definition) is 4. The summed E-state index contributed by atoms with van der Waals surface area (Å²) in [4.78, 5) is 24.6. The van der Waals surface area contributed by atoms with Gasteiger partial charge in [0.25, 0.3) is 5.56 Å². The van der Waals surface area contributed by atoms with Gasteiger partial charge in [-0.05, 0) is 35.0 Å². The minimum Gasteiger partial charge on any atom is -0.404 e. The first-order valence-corrected chi connectivity index (χ1v) is 9.50. The maximum atomic E-state index is 12.6. The first-order valence-electron chi connectivity index (χ1n) is 9.50. The number of hydrogen-bond donors (Lipinski definition) is 1. The van der Waals surface area contributed by atoms with E-state index < -0.39 is 30.1 Å². The molecule has 0 aliphatic carbocycles. The van der Waals surface area contributed by atoms with Crippen molar-refractivity contribution in [1.82, 2.24) is 9.78 Å². The number of aromatic nitrogens is 2. The van der Waals surface area contributed by atoms with Crippen molar-refractivity contribution in [2.45, 2.75) is 12.9 Å². The van der Waals surface area contributed by atoms with Gasteiger partial charge in [0.1, 0.15) is 6.54 Å². The fraction of sp³-hybridized carbons (Fsp3) is 0.0870. The Morgan fingerprint density at radius 3 is 2.44 bits per heavy atom. The molecule has 0 spiro atoms. The molecule has 0 aliphatic heterocycles. The van der Waals surface area contributed by atoms with Crippen LogP contribution in [0.25, 0.3) is 22.0 Å². The quantitative estimate of drug-likeness (QED) is 0.493. The lowest BCUT2D eigenvalue weighted by atomic mass is 10.1. The lowest BCUT2D eigenvalue weighted by molar-refractivity contribution is -0.274. The van der Waals surface area contributed by atoms with Gasteiger partial charge in [-0.15, -0.1) is 13.2 Å². The molecule has 9 heteroatoms. The number of fused-ring (bicyclic) bond motifs is 1. The summed E-state index contributed by atoms with van der Waals surface area (Å²) < 4.78 is 42.6.